The van der Waals surface area contributed by atoms with Crippen LogP contribution in [-0.2, 0) is 32.6 Å². The van der Waals surface area contributed by atoms with Crippen molar-refractivity contribution in [1.82, 2.24) is 10.2 Å². The fourth-order valence-corrected chi connectivity index (χ4v) is 6.52. The van der Waals surface area contributed by atoms with E-state index in [0.29, 0.717) is 10.6 Å². The van der Waals surface area contributed by atoms with Gasteiger partial charge in [0.2, 0.25) is 11.8 Å². The number of nitrogens with zero attached hydrogens (tertiary/aromatic N) is 2. The van der Waals surface area contributed by atoms with Gasteiger partial charge in [0, 0.05) is 30.1 Å². The fraction of sp³-hybridized carbons (Fsp3) is 0.212. The lowest BCUT2D eigenvalue weighted by Crippen LogP contribution is -2.53. The molecule has 0 saturated carbocycles. The lowest BCUT2D eigenvalue weighted by atomic mass is 10.0. The molecule has 0 aliphatic carbocycles. The molecule has 1 N–H and O–H groups in total. The first-order chi connectivity index (χ1) is 21.0. The van der Waals surface area contributed by atoms with Crippen LogP contribution in [0.3, 0.4) is 0 Å². The highest BCUT2D eigenvalue weighted by molar-refractivity contribution is 7.92. The van der Waals surface area contributed by atoms with Crippen LogP contribution in [0.25, 0.3) is 0 Å². The maximum absolute atomic E-state index is 14.4. The summed E-state index contributed by atoms with van der Waals surface area (Å²) in [6.45, 7) is 1.14. The molecule has 230 valence electrons. The number of methoxy groups -OCH3 is 1. The van der Waals surface area contributed by atoms with E-state index in [2.05, 4.69) is 5.32 Å². The average molecular weight is 655 g/mol. The minimum absolute atomic E-state index is 0.0253. The Labute approximate surface area is 268 Å². The van der Waals surface area contributed by atoms with Gasteiger partial charge in [-0.3, -0.25) is 13.9 Å². The van der Waals surface area contributed by atoms with Crippen molar-refractivity contribution in [2.75, 3.05) is 25.0 Å². The van der Waals surface area contributed by atoms with Gasteiger partial charge in [-0.15, -0.1) is 0 Å². The van der Waals surface area contributed by atoms with E-state index in [1.807, 2.05) is 37.3 Å². The average Bonchev–Trinajstić information content (AvgIpc) is 3.02. The van der Waals surface area contributed by atoms with Gasteiger partial charge in [0.25, 0.3) is 10.0 Å². The second-order valence-electron chi connectivity index (χ2n) is 10.1. The first-order valence-electron chi connectivity index (χ1n) is 13.8. The van der Waals surface area contributed by atoms with Gasteiger partial charge in [-0.2, -0.15) is 0 Å². The van der Waals surface area contributed by atoms with Crippen LogP contribution in [-0.4, -0.2) is 51.9 Å². The highest BCUT2D eigenvalue weighted by atomic mass is 35.5. The van der Waals surface area contributed by atoms with Crippen molar-refractivity contribution in [3.63, 3.8) is 0 Å². The number of likely N-dealkylation sites (N-methyl/N-ethyl adjacent to an activating group) is 1. The van der Waals surface area contributed by atoms with E-state index in [1.165, 1.54) is 43.3 Å². The number of ether oxygens (including phenoxy) is 1. The van der Waals surface area contributed by atoms with Crippen molar-refractivity contribution in [2.45, 2.75) is 30.8 Å². The van der Waals surface area contributed by atoms with Crippen LogP contribution in [0.4, 0.5) is 5.69 Å². The smallest absolute Gasteiger partial charge is 0.264 e. The molecular weight excluding hydrogens is 621 g/mol. The zero-order chi connectivity index (χ0) is 31.9. The maximum atomic E-state index is 14.4. The molecule has 0 aliphatic heterocycles. The number of rotatable bonds is 12. The van der Waals surface area contributed by atoms with Crippen LogP contribution < -0.4 is 14.4 Å². The van der Waals surface area contributed by atoms with Crippen LogP contribution in [0.2, 0.25) is 10.0 Å². The van der Waals surface area contributed by atoms with Crippen molar-refractivity contribution in [1.29, 1.82) is 0 Å². The minimum Gasteiger partial charge on any atom is -0.495 e. The number of amides is 2. The largest absolute Gasteiger partial charge is 0.495 e. The fourth-order valence-electron chi connectivity index (χ4n) is 4.74. The van der Waals surface area contributed by atoms with Gasteiger partial charge in [-0.25, -0.2) is 8.42 Å². The molecule has 0 saturated heterocycles. The Morgan fingerprint density at radius 2 is 1.57 bits per heavy atom. The van der Waals surface area contributed by atoms with E-state index in [0.717, 1.165) is 15.4 Å². The Hall–Kier alpha value is -4.05. The molecule has 0 aromatic heterocycles. The molecule has 0 unspecified atom stereocenters. The molecule has 0 radical (unpaired) electrons. The summed E-state index contributed by atoms with van der Waals surface area (Å²) in [5.74, 6) is -0.850. The Balaban J connectivity index is 1.85. The molecule has 0 bridgehead atoms. The number of hydrogen-bond donors (Lipinski definition) is 1. The molecule has 4 aromatic rings. The zero-order valence-corrected chi connectivity index (χ0v) is 26.9. The summed E-state index contributed by atoms with van der Waals surface area (Å²) in [4.78, 5) is 29.2. The number of carbonyl (C=O) groups excluding carboxylic acids is 2. The van der Waals surface area contributed by atoms with Gasteiger partial charge in [-0.05, 0) is 54.4 Å². The number of hydrogen-bond acceptors (Lipinski definition) is 5. The first kappa shape index (κ1) is 32.9. The number of anilines is 1. The van der Waals surface area contributed by atoms with E-state index in [1.54, 1.807) is 42.5 Å². The summed E-state index contributed by atoms with van der Waals surface area (Å²) < 4.78 is 34.9. The molecule has 44 heavy (non-hydrogen) atoms. The van der Waals surface area contributed by atoms with Crippen molar-refractivity contribution < 1.29 is 22.7 Å². The van der Waals surface area contributed by atoms with Gasteiger partial charge >= 0.3 is 0 Å². The first-order valence-corrected chi connectivity index (χ1v) is 16.0. The highest BCUT2D eigenvalue weighted by Crippen LogP contribution is 2.35. The van der Waals surface area contributed by atoms with E-state index in [9.17, 15) is 18.0 Å². The number of aryl methyl sites for hydroxylation is 1. The second kappa shape index (κ2) is 14.6. The highest BCUT2D eigenvalue weighted by Gasteiger charge is 2.35. The maximum Gasteiger partial charge on any atom is 0.264 e. The summed E-state index contributed by atoms with van der Waals surface area (Å²) in [5, 5.41) is 3.31. The Morgan fingerprint density at radius 1 is 0.909 bits per heavy atom. The second-order valence-corrected chi connectivity index (χ2v) is 12.8. The molecule has 0 aliphatic rings. The standard InChI is InChI=1S/C33H33Cl2N3O5S/c1-23-13-16-27(17-14-23)44(41,42)38(29-20-26(34)15-18-31(29)43-3)22-32(39)37(21-25-11-7-8-12-28(25)35)30(33(40)36-2)19-24-9-5-4-6-10-24/h4-18,20,30H,19,21-22H2,1-3H3,(H,36,40)/t30-/m0/s1. The van der Waals surface area contributed by atoms with Gasteiger partial charge < -0.3 is 15.0 Å². The van der Waals surface area contributed by atoms with E-state index in [-0.39, 0.29) is 34.3 Å². The lowest BCUT2D eigenvalue weighted by Gasteiger charge is -2.34. The van der Waals surface area contributed by atoms with Gasteiger partial charge in [0.15, 0.2) is 0 Å². The summed E-state index contributed by atoms with van der Waals surface area (Å²) in [6.07, 6.45) is 0.182. The third kappa shape index (κ3) is 7.72. The monoisotopic (exact) mass is 653 g/mol. The van der Waals surface area contributed by atoms with Gasteiger partial charge in [0.05, 0.1) is 17.7 Å². The molecule has 11 heteroatoms. The third-order valence-corrected chi connectivity index (χ3v) is 9.49. The van der Waals surface area contributed by atoms with Crippen molar-refractivity contribution >= 4 is 50.7 Å². The number of sulfonamides is 1. The van der Waals surface area contributed by atoms with E-state index < -0.39 is 34.4 Å². The van der Waals surface area contributed by atoms with E-state index in [4.69, 9.17) is 27.9 Å². The summed E-state index contributed by atoms with van der Waals surface area (Å²) in [7, 11) is -1.43. The summed E-state index contributed by atoms with van der Waals surface area (Å²) in [6, 6.07) is 26.1. The molecule has 0 spiro atoms. The van der Waals surface area contributed by atoms with Crippen LogP contribution in [0.5, 0.6) is 5.75 Å². The summed E-state index contributed by atoms with van der Waals surface area (Å²) >= 11 is 12.8. The van der Waals surface area contributed by atoms with Crippen LogP contribution >= 0.6 is 23.2 Å². The molecule has 8 nitrogen and oxygen atoms in total. The minimum atomic E-state index is -4.32. The molecule has 1 atom stereocenters. The molecule has 4 aromatic carbocycles. The third-order valence-electron chi connectivity index (χ3n) is 7.11. The normalized spacial score (nSPS) is 11.8. The van der Waals surface area contributed by atoms with Gasteiger partial charge in [-0.1, -0.05) is 89.4 Å². The van der Waals surface area contributed by atoms with Crippen molar-refractivity contribution in [2.24, 2.45) is 0 Å². The number of nitrogens with one attached hydrogen (secondary N) is 1. The predicted molar refractivity (Wildman–Crippen MR) is 174 cm³/mol. The van der Waals surface area contributed by atoms with Crippen LogP contribution in [0, 0.1) is 6.92 Å². The Morgan fingerprint density at radius 3 is 2.20 bits per heavy atom. The summed E-state index contributed by atoms with van der Waals surface area (Å²) in [5.41, 5.74) is 2.36. The van der Waals surface area contributed by atoms with E-state index >= 15 is 0 Å². The molecule has 0 fully saturated rings. The predicted octanol–water partition coefficient (Wildman–Crippen LogP) is 5.89. The van der Waals surface area contributed by atoms with Crippen molar-refractivity contribution in [3.05, 3.63) is 124 Å². The number of benzene rings is 4. The molecular formula is C33H33Cl2N3O5S. The molecule has 4 rings (SSSR count). The van der Waals surface area contributed by atoms with Crippen molar-refractivity contribution in [3.8, 4) is 5.75 Å². The topological polar surface area (TPSA) is 96.0 Å². The quantitative estimate of drug-likeness (QED) is 0.206. The Bertz CT molecular complexity index is 1720. The molecule has 2 amide bonds. The molecule has 0 heterocycles. The van der Waals surface area contributed by atoms with Crippen LogP contribution in [0.15, 0.2) is 102 Å². The number of halogens is 2. The SMILES string of the molecule is CNC(=O)[C@H](Cc1ccccc1)N(Cc1ccccc1Cl)C(=O)CN(c1cc(Cl)ccc1OC)S(=O)(=O)c1ccc(C)cc1. The zero-order valence-electron chi connectivity index (χ0n) is 24.5. The van der Waals surface area contributed by atoms with Crippen LogP contribution in [0.1, 0.15) is 16.7 Å². The van der Waals surface area contributed by atoms with Gasteiger partial charge in [0.1, 0.15) is 18.3 Å². The number of carbonyl (C=O) groups is 2. The lowest BCUT2D eigenvalue weighted by molar-refractivity contribution is -0.139. The Kier molecular flexibility index (Phi) is 10.9.